The number of H-pyrrole nitrogens is 2. The molecule has 0 spiro atoms. The van der Waals surface area contributed by atoms with Crippen molar-refractivity contribution in [3.8, 4) is 39.7 Å². The number of anilines is 1. The molecular formula is C31H30FN9O2. The first-order valence-electron chi connectivity index (χ1n) is 14.1. The lowest BCUT2D eigenvalue weighted by Gasteiger charge is -2.13. The zero-order valence-corrected chi connectivity index (χ0v) is 23.7. The van der Waals surface area contributed by atoms with E-state index < -0.39 is 12.0 Å². The number of nitrogens with zero attached hydrogens (tertiary/aromatic N) is 6. The second-order valence-electron chi connectivity index (χ2n) is 11.1. The predicted molar refractivity (Wildman–Crippen MR) is 162 cm³/mol. The highest BCUT2D eigenvalue weighted by Gasteiger charge is 2.29. The average Bonchev–Trinajstić information content (AvgIpc) is 3.62. The van der Waals surface area contributed by atoms with Gasteiger partial charge in [0, 0.05) is 47.4 Å². The number of imidazole rings is 1. The van der Waals surface area contributed by atoms with Crippen LogP contribution in [-0.4, -0.2) is 78.6 Å². The number of likely N-dealkylation sites (N-methyl/N-ethyl adjacent to an activating group) is 1. The summed E-state index contributed by atoms with van der Waals surface area (Å²) in [6.07, 6.45) is 9.96. The fraction of sp³-hybridized carbons (Fsp3) is 0.258. The van der Waals surface area contributed by atoms with Gasteiger partial charge in [0.05, 0.1) is 46.5 Å². The number of halogens is 1. The van der Waals surface area contributed by atoms with Crippen molar-refractivity contribution in [1.29, 1.82) is 0 Å². The van der Waals surface area contributed by atoms with Crippen LogP contribution in [0.4, 0.5) is 10.1 Å². The molecule has 1 saturated carbocycles. The molecule has 7 rings (SSSR count). The van der Waals surface area contributed by atoms with Crippen molar-refractivity contribution in [3.05, 3.63) is 67.1 Å². The Bertz CT molecular complexity index is 1930. The quantitative estimate of drug-likeness (QED) is 0.168. The molecule has 1 aromatic carbocycles. The number of nitrogens with one attached hydrogen (secondary N) is 3. The fourth-order valence-corrected chi connectivity index (χ4v) is 5.02. The minimum Gasteiger partial charge on any atom is -0.492 e. The van der Waals surface area contributed by atoms with E-state index in [1.54, 1.807) is 37.1 Å². The summed E-state index contributed by atoms with van der Waals surface area (Å²) < 4.78 is 20.4. The molecule has 43 heavy (non-hydrogen) atoms. The topological polar surface area (TPSA) is 141 Å². The summed E-state index contributed by atoms with van der Waals surface area (Å²) in [5, 5.41) is 21.8. The van der Waals surface area contributed by atoms with Crippen molar-refractivity contribution in [2.45, 2.75) is 19.1 Å². The van der Waals surface area contributed by atoms with Crippen LogP contribution in [0, 0.1) is 11.7 Å². The Hall–Kier alpha value is -4.94. The summed E-state index contributed by atoms with van der Waals surface area (Å²) in [5.41, 5.74) is 6.19. The molecule has 4 N–H and O–H groups in total. The van der Waals surface area contributed by atoms with E-state index in [0.29, 0.717) is 58.3 Å². The number of aliphatic hydroxyl groups is 1. The molecule has 0 bridgehead atoms. The highest BCUT2D eigenvalue weighted by atomic mass is 19.1. The highest BCUT2D eigenvalue weighted by molar-refractivity contribution is 5.97. The Morgan fingerprint density at radius 3 is 2.72 bits per heavy atom. The van der Waals surface area contributed by atoms with Gasteiger partial charge in [-0.15, -0.1) is 0 Å². The second-order valence-corrected chi connectivity index (χ2v) is 11.1. The molecule has 0 radical (unpaired) electrons. The molecule has 11 nitrogen and oxygen atoms in total. The number of pyridine rings is 3. The minimum absolute atomic E-state index is 0.288. The van der Waals surface area contributed by atoms with Gasteiger partial charge in [-0.3, -0.25) is 20.1 Å². The second kappa shape index (κ2) is 11.0. The Kier molecular flexibility index (Phi) is 6.92. The zero-order valence-electron chi connectivity index (χ0n) is 23.7. The summed E-state index contributed by atoms with van der Waals surface area (Å²) in [6, 6.07) is 8.48. The SMILES string of the molecule is CN(C)CCOc1cc(F)cc(-c2cncc3[nH]c(-c4n[nH]c5cnc(-c6cncc(NC(O)C7CC7)c6)cc45)nc23)c1. The maximum atomic E-state index is 14.6. The van der Waals surface area contributed by atoms with Crippen molar-refractivity contribution in [2.24, 2.45) is 5.92 Å². The smallest absolute Gasteiger partial charge is 0.159 e. The number of hydrogen-bond donors (Lipinski definition) is 4. The van der Waals surface area contributed by atoms with Crippen LogP contribution in [0.5, 0.6) is 5.75 Å². The van der Waals surface area contributed by atoms with Crippen molar-refractivity contribution < 1.29 is 14.2 Å². The normalized spacial score (nSPS) is 14.1. The molecule has 12 heteroatoms. The van der Waals surface area contributed by atoms with Crippen LogP contribution in [0.15, 0.2) is 61.3 Å². The summed E-state index contributed by atoms with van der Waals surface area (Å²) >= 11 is 0. The maximum Gasteiger partial charge on any atom is 0.159 e. The first-order valence-corrected chi connectivity index (χ1v) is 14.1. The van der Waals surface area contributed by atoms with Crippen LogP contribution in [0.3, 0.4) is 0 Å². The monoisotopic (exact) mass is 579 g/mol. The van der Waals surface area contributed by atoms with E-state index in [9.17, 15) is 9.50 Å². The van der Waals surface area contributed by atoms with Gasteiger partial charge in [0.15, 0.2) is 5.82 Å². The average molecular weight is 580 g/mol. The molecule has 5 heterocycles. The molecule has 1 fully saturated rings. The lowest BCUT2D eigenvalue weighted by Crippen LogP contribution is -2.20. The molecule has 0 saturated heterocycles. The lowest BCUT2D eigenvalue weighted by atomic mass is 10.1. The molecular weight excluding hydrogens is 549 g/mol. The molecule has 1 atom stereocenters. The number of benzene rings is 1. The van der Waals surface area contributed by atoms with Crippen molar-refractivity contribution >= 4 is 27.6 Å². The third kappa shape index (κ3) is 5.62. The first kappa shape index (κ1) is 26.9. The van der Waals surface area contributed by atoms with Gasteiger partial charge in [-0.05, 0) is 56.8 Å². The van der Waals surface area contributed by atoms with Crippen LogP contribution in [-0.2, 0) is 0 Å². The molecule has 6 aromatic rings. The van der Waals surface area contributed by atoms with Crippen LogP contribution in [0.25, 0.3) is 55.8 Å². The van der Waals surface area contributed by atoms with E-state index in [4.69, 9.17) is 9.72 Å². The maximum absolute atomic E-state index is 14.6. The van der Waals surface area contributed by atoms with Gasteiger partial charge in [0.25, 0.3) is 0 Å². The molecule has 1 aliphatic rings. The summed E-state index contributed by atoms with van der Waals surface area (Å²) in [7, 11) is 3.91. The van der Waals surface area contributed by atoms with E-state index >= 15 is 0 Å². The lowest BCUT2D eigenvalue weighted by molar-refractivity contribution is 0.180. The summed E-state index contributed by atoms with van der Waals surface area (Å²) in [6.45, 7) is 1.15. The first-order chi connectivity index (χ1) is 20.9. The number of aromatic nitrogens is 7. The number of ether oxygens (including phenoxy) is 1. The number of hydrogen-bond acceptors (Lipinski definition) is 9. The molecule has 1 unspecified atom stereocenters. The van der Waals surface area contributed by atoms with Crippen molar-refractivity contribution in [3.63, 3.8) is 0 Å². The highest BCUT2D eigenvalue weighted by Crippen LogP contribution is 2.35. The Labute approximate surface area is 246 Å². The van der Waals surface area contributed by atoms with Crippen LogP contribution >= 0.6 is 0 Å². The van der Waals surface area contributed by atoms with Gasteiger partial charge < -0.3 is 25.0 Å². The number of aliphatic hydroxyl groups excluding tert-OH is 1. The van der Waals surface area contributed by atoms with Gasteiger partial charge in [-0.25, -0.2) is 9.37 Å². The summed E-state index contributed by atoms with van der Waals surface area (Å²) in [5.74, 6) is 0.862. The van der Waals surface area contributed by atoms with Crippen molar-refractivity contribution in [1.82, 2.24) is 40.0 Å². The Morgan fingerprint density at radius 2 is 1.88 bits per heavy atom. The van der Waals surface area contributed by atoms with Gasteiger partial charge in [-0.2, -0.15) is 5.10 Å². The van der Waals surface area contributed by atoms with E-state index in [-0.39, 0.29) is 5.92 Å². The fourth-order valence-electron chi connectivity index (χ4n) is 5.02. The van der Waals surface area contributed by atoms with Crippen LogP contribution in [0.2, 0.25) is 0 Å². The van der Waals surface area contributed by atoms with E-state index in [2.05, 4.69) is 35.5 Å². The third-order valence-electron chi connectivity index (χ3n) is 7.47. The number of aromatic amines is 2. The Balaban J connectivity index is 1.22. The van der Waals surface area contributed by atoms with Gasteiger partial charge >= 0.3 is 0 Å². The summed E-state index contributed by atoms with van der Waals surface area (Å²) in [4.78, 5) is 23.5. The van der Waals surface area contributed by atoms with Crippen LogP contribution < -0.4 is 10.1 Å². The number of rotatable bonds is 10. The molecule has 0 aliphatic heterocycles. The standard InChI is InChI=1S/C31H30FN9O2/c1-41(2)5-6-43-22-9-18(7-20(32)10-22)24-14-34-15-27-28(24)38-30(37-27)29-23-11-25(35-16-26(23)39-40-29)19-8-21(13-33-12-19)36-31(42)17-3-4-17/h7-17,31,36,42H,3-6H2,1-2H3,(H,37,38)(H,39,40). The van der Waals surface area contributed by atoms with Crippen molar-refractivity contribution in [2.75, 3.05) is 32.6 Å². The minimum atomic E-state index is -0.588. The van der Waals surface area contributed by atoms with Gasteiger partial charge in [0.2, 0.25) is 0 Å². The van der Waals surface area contributed by atoms with Gasteiger partial charge in [0.1, 0.15) is 30.1 Å². The number of fused-ring (bicyclic) bond motifs is 2. The van der Waals surface area contributed by atoms with Crippen LogP contribution in [0.1, 0.15) is 12.8 Å². The molecule has 5 aromatic heterocycles. The zero-order chi connectivity index (χ0) is 29.5. The Morgan fingerprint density at radius 1 is 1.02 bits per heavy atom. The van der Waals surface area contributed by atoms with E-state index in [1.165, 1.54) is 12.1 Å². The predicted octanol–water partition coefficient (Wildman–Crippen LogP) is 4.85. The largest absolute Gasteiger partial charge is 0.492 e. The molecule has 1 aliphatic carbocycles. The van der Waals surface area contributed by atoms with E-state index in [1.807, 2.05) is 31.1 Å². The third-order valence-corrected chi connectivity index (χ3v) is 7.47. The molecule has 218 valence electrons. The van der Waals surface area contributed by atoms with E-state index in [0.717, 1.165) is 35.0 Å². The molecule has 0 amide bonds. The van der Waals surface area contributed by atoms with Gasteiger partial charge in [-0.1, -0.05) is 0 Å².